The molecule has 3 rings (SSSR count). The average Bonchev–Trinajstić information content (AvgIpc) is 3.18. The predicted octanol–water partition coefficient (Wildman–Crippen LogP) is 5.33. The Morgan fingerprint density at radius 1 is 1.12 bits per heavy atom. The summed E-state index contributed by atoms with van der Waals surface area (Å²) in [5.41, 5.74) is 10.2. The number of rotatable bonds is 11. The van der Waals surface area contributed by atoms with Gasteiger partial charge in [0.15, 0.2) is 5.16 Å². The van der Waals surface area contributed by atoms with Gasteiger partial charge in [-0.1, -0.05) is 60.5 Å². The molecular weight excluding hydrogens is 420 g/mol. The van der Waals surface area contributed by atoms with Gasteiger partial charge in [0.25, 0.3) is 0 Å². The van der Waals surface area contributed by atoms with E-state index < -0.39 is 0 Å². The maximum Gasteiger partial charge on any atom is 0.217 e. The number of hydrogen-bond donors (Lipinski definition) is 1. The van der Waals surface area contributed by atoms with Gasteiger partial charge in [0.2, 0.25) is 5.91 Å². The summed E-state index contributed by atoms with van der Waals surface area (Å²) in [5, 5.41) is 9.98. The second-order valence-corrected chi connectivity index (χ2v) is 9.10. The van der Waals surface area contributed by atoms with E-state index in [1.165, 1.54) is 16.7 Å². The Morgan fingerprint density at radius 3 is 2.53 bits per heavy atom. The highest BCUT2D eigenvalue weighted by molar-refractivity contribution is 7.98. The molecule has 1 amide bonds. The molecule has 0 spiro atoms. The molecule has 0 fully saturated rings. The third-order valence-corrected chi connectivity index (χ3v) is 6.36. The third-order valence-electron chi connectivity index (χ3n) is 5.36. The van der Waals surface area contributed by atoms with Crippen LogP contribution in [0.3, 0.4) is 0 Å². The van der Waals surface area contributed by atoms with Gasteiger partial charge in [-0.15, -0.1) is 10.2 Å². The van der Waals surface area contributed by atoms with Crippen LogP contribution in [0, 0.1) is 13.8 Å². The van der Waals surface area contributed by atoms with E-state index in [0.717, 1.165) is 41.0 Å². The van der Waals surface area contributed by atoms with Gasteiger partial charge in [0, 0.05) is 24.2 Å². The molecule has 170 valence electrons. The van der Waals surface area contributed by atoms with Crippen molar-refractivity contribution in [3.8, 4) is 11.4 Å². The molecule has 0 aliphatic carbocycles. The lowest BCUT2D eigenvalue weighted by atomic mass is 9.96. The molecule has 1 atom stereocenters. The van der Waals surface area contributed by atoms with Crippen molar-refractivity contribution in [1.29, 1.82) is 0 Å². The fraction of sp³-hybridized carbons (Fsp3) is 0.400. The van der Waals surface area contributed by atoms with Crippen LogP contribution >= 0.6 is 11.8 Å². The lowest BCUT2D eigenvalue weighted by Crippen LogP contribution is -2.15. The molecule has 0 bridgehead atoms. The number of aromatic nitrogens is 3. The Hall–Kier alpha value is -2.80. The van der Waals surface area contributed by atoms with Gasteiger partial charge in [0.1, 0.15) is 11.6 Å². The van der Waals surface area contributed by atoms with Gasteiger partial charge >= 0.3 is 0 Å². The molecule has 3 aromatic rings. The van der Waals surface area contributed by atoms with E-state index in [1.54, 1.807) is 18.9 Å². The smallest absolute Gasteiger partial charge is 0.217 e. The number of thioether (sulfide) groups is 1. The summed E-state index contributed by atoms with van der Waals surface area (Å²) in [4.78, 5) is 11.5. The zero-order valence-corrected chi connectivity index (χ0v) is 20.1. The normalized spacial score (nSPS) is 12.0. The minimum absolute atomic E-state index is 0.0989. The van der Waals surface area contributed by atoms with Crippen LogP contribution in [0.2, 0.25) is 0 Å². The first-order chi connectivity index (χ1) is 15.4. The van der Waals surface area contributed by atoms with Crippen LogP contribution in [-0.4, -0.2) is 27.8 Å². The monoisotopic (exact) mass is 452 g/mol. The molecule has 0 radical (unpaired) electrons. The van der Waals surface area contributed by atoms with E-state index >= 15 is 0 Å². The topological polar surface area (TPSA) is 83.0 Å². The molecule has 32 heavy (non-hydrogen) atoms. The summed E-state index contributed by atoms with van der Waals surface area (Å²) in [6.07, 6.45) is 2.89. The van der Waals surface area contributed by atoms with Crippen LogP contribution in [0.15, 0.2) is 47.6 Å². The standard InChI is InChI=1S/C25H32N4O2S/c1-5-7-20(10-11-23(26)30)24-27-28-25(29(24)21-8-6-9-22(15-21)31-4)32-16-19-13-17(2)12-18(3)14-19/h6,8-9,12-15,20H,5,7,10-11,16H2,1-4H3,(H2,26,30). The van der Waals surface area contributed by atoms with Crippen molar-refractivity contribution >= 4 is 17.7 Å². The number of methoxy groups -OCH3 is 1. The zero-order valence-electron chi connectivity index (χ0n) is 19.3. The third kappa shape index (κ3) is 6.13. The minimum Gasteiger partial charge on any atom is -0.497 e. The molecule has 7 heteroatoms. The highest BCUT2D eigenvalue weighted by atomic mass is 32.2. The van der Waals surface area contributed by atoms with E-state index in [-0.39, 0.29) is 11.8 Å². The van der Waals surface area contributed by atoms with Crippen molar-refractivity contribution in [2.24, 2.45) is 5.73 Å². The average molecular weight is 453 g/mol. The Morgan fingerprint density at radius 2 is 1.88 bits per heavy atom. The molecule has 2 aromatic carbocycles. The van der Waals surface area contributed by atoms with Crippen LogP contribution in [-0.2, 0) is 10.5 Å². The summed E-state index contributed by atoms with van der Waals surface area (Å²) in [5.74, 6) is 2.25. The second-order valence-electron chi connectivity index (χ2n) is 8.15. The Labute approximate surface area is 194 Å². The largest absolute Gasteiger partial charge is 0.497 e. The molecule has 1 unspecified atom stereocenters. The van der Waals surface area contributed by atoms with E-state index in [9.17, 15) is 4.79 Å². The van der Waals surface area contributed by atoms with E-state index in [4.69, 9.17) is 10.5 Å². The Balaban J connectivity index is 1.99. The van der Waals surface area contributed by atoms with Gasteiger partial charge in [-0.2, -0.15) is 0 Å². The Bertz CT molecular complexity index is 1040. The molecule has 0 aliphatic rings. The lowest BCUT2D eigenvalue weighted by Gasteiger charge is -2.18. The van der Waals surface area contributed by atoms with Crippen LogP contribution in [0.25, 0.3) is 5.69 Å². The molecule has 0 saturated carbocycles. The number of primary amides is 1. The van der Waals surface area contributed by atoms with Gasteiger partial charge in [0.05, 0.1) is 12.8 Å². The van der Waals surface area contributed by atoms with Crippen LogP contribution < -0.4 is 10.5 Å². The summed E-state index contributed by atoms with van der Waals surface area (Å²) in [6.45, 7) is 6.37. The van der Waals surface area contributed by atoms with Gasteiger partial charge in [-0.05, 0) is 44.4 Å². The number of hydrogen-bond acceptors (Lipinski definition) is 5. The molecule has 1 heterocycles. The molecule has 1 aromatic heterocycles. The SMILES string of the molecule is CCCC(CCC(N)=O)c1nnc(SCc2cc(C)cc(C)c2)n1-c1cccc(OC)c1. The van der Waals surface area contributed by atoms with E-state index in [1.807, 2.05) is 24.3 Å². The van der Waals surface area contributed by atoms with Crippen molar-refractivity contribution in [1.82, 2.24) is 14.8 Å². The summed E-state index contributed by atoms with van der Waals surface area (Å²) < 4.78 is 7.56. The number of nitrogens with two attached hydrogens (primary N) is 1. The zero-order chi connectivity index (χ0) is 23.1. The molecule has 0 saturated heterocycles. The maximum atomic E-state index is 11.5. The van der Waals surface area contributed by atoms with Crippen LogP contribution in [0.5, 0.6) is 5.75 Å². The summed E-state index contributed by atoms with van der Waals surface area (Å²) in [7, 11) is 1.66. The highest BCUT2D eigenvalue weighted by Crippen LogP contribution is 2.33. The quantitative estimate of drug-likeness (QED) is 0.397. The fourth-order valence-electron chi connectivity index (χ4n) is 4.00. The fourth-order valence-corrected chi connectivity index (χ4v) is 4.89. The summed E-state index contributed by atoms with van der Waals surface area (Å²) in [6, 6.07) is 14.5. The molecular formula is C25H32N4O2S. The second kappa shape index (κ2) is 11.2. The van der Waals surface area contributed by atoms with Crippen molar-refractivity contribution in [3.63, 3.8) is 0 Å². The summed E-state index contributed by atoms with van der Waals surface area (Å²) >= 11 is 1.66. The first kappa shape index (κ1) is 23.9. The van der Waals surface area contributed by atoms with Crippen molar-refractivity contribution in [3.05, 3.63) is 65.0 Å². The molecule has 0 aliphatic heterocycles. The highest BCUT2D eigenvalue weighted by Gasteiger charge is 2.23. The first-order valence-electron chi connectivity index (χ1n) is 11.0. The van der Waals surface area contributed by atoms with Crippen molar-refractivity contribution in [2.45, 2.75) is 63.3 Å². The molecule has 2 N–H and O–H groups in total. The number of nitrogens with zero attached hydrogens (tertiary/aromatic N) is 3. The van der Waals surface area contributed by atoms with Gasteiger partial charge in [-0.3, -0.25) is 9.36 Å². The van der Waals surface area contributed by atoms with Gasteiger partial charge in [-0.25, -0.2) is 0 Å². The Kier molecular flexibility index (Phi) is 8.33. The number of amides is 1. The first-order valence-corrected chi connectivity index (χ1v) is 12.0. The van der Waals surface area contributed by atoms with Crippen molar-refractivity contribution < 1.29 is 9.53 Å². The van der Waals surface area contributed by atoms with Crippen LogP contribution in [0.4, 0.5) is 0 Å². The number of carbonyl (C=O) groups is 1. The van der Waals surface area contributed by atoms with E-state index in [0.29, 0.717) is 12.8 Å². The van der Waals surface area contributed by atoms with Crippen molar-refractivity contribution in [2.75, 3.05) is 7.11 Å². The minimum atomic E-state index is -0.289. The number of aryl methyl sites for hydroxylation is 2. The van der Waals surface area contributed by atoms with Gasteiger partial charge < -0.3 is 10.5 Å². The lowest BCUT2D eigenvalue weighted by molar-refractivity contribution is -0.118. The maximum absolute atomic E-state index is 11.5. The van der Waals surface area contributed by atoms with Crippen LogP contribution in [0.1, 0.15) is 61.0 Å². The predicted molar refractivity (Wildman–Crippen MR) is 129 cm³/mol. The number of ether oxygens (including phenoxy) is 1. The number of carbonyl (C=O) groups excluding carboxylic acids is 1. The van der Waals surface area contributed by atoms with E-state index in [2.05, 4.69) is 53.7 Å². The number of benzene rings is 2. The molecule has 6 nitrogen and oxygen atoms in total.